The number of unbranched alkanes of at least 4 members (excludes halogenated alkanes) is 12. The maximum absolute atomic E-state index is 11.9. The van der Waals surface area contributed by atoms with Crippen molar-refractivity contribution in [1.82, 2.24) is 0 Å². The van der Waals surface area contributed by atoms with Crippen molar-refractivity contribution in [2.75, 3.05) is 126 Å². The van der Waals surface area contributed by atoms with E-state index in [4.69, 9.17) is 52.1 Å². The molecule has 12 heteroatoms. The minimum Gasteiger partial charge on any atom is -0.463 e. The standard InChI is InChI=1S/C39H76O12/c1-2-3-4-5-6-7-8-9-10-11-12-13-14-17-38(40)49-36-34-47-32-30-45-28-26-43-24-22-41-20-21-42-23-25-44-27-29-46-31-33-48-35-37-51-39-18-15-16-19-50-39/h39H,2-37H2,1H3. The fourth-order valence-electron chi connectivity index (χ4n) is 5.30. The summed E-state index contributed by atoms with van der Waals surface area (Å²) in [7, 11) is 0. The average Bonchev–Trinajstić information content (AvgIpc) is 3.15. The first kappa shape index (κ1) is 48.1. The van der Waals surface area contributed by atoms with Crippen LogP contribution in [0.4, 0.5) is 0 Å². The predicted molar refractivity (Wildman–Crippen MR) is 197 cm³/mol. The maximum atomic E-state index is 11.9. The van der Waals surface area contributed by atoms with Crippen LogP contribution in [0.1, 0.15) is 116 Å². The molecule has 0 radical (unpaired) electrons. The molecule has 1 aliphatic rings. The molecular weight excluding hydrogens is 660 g/mol. The Balaban J connectivity index is 1.63. The number of rotatable bonds is 42. The van der Waals surface area contributed by atoms with Crippen LogP contribution in [0, 0.1) is 0 Å². The van der Waals surface area contributed by atoms with Gasteiger partial charge in [-0.2, -0.15) is 0 Å². The van der Waals surface area contributed by atoms with E-state index in [-0.39, 0.29) is 12.3 Å². The lowest BCUT2D eigenvalue weighted by molar-refractivity contribution is -0.169. The molecule has 51 heavy (non-hydrogen) atoms. The number of esters is 1. The molecule has 0 aromatic rings. The van der Waals surface area contributed by atoms with Gasteiger partial charge in [0.1, 0.15) is 6.61 Å². The lowest BCUT2D eigenvalue weighted by Crippen LogP contribution is -2.24. The third-order valence-electron chi connectivity index (χ3n) is 8.25. The Bertz CT molecular complexity index is 681. The fourth-order valence-corrected chi connectivity index (χ4v) is 5.30. The van der Waals surface area contributed by atoms with Crippen LogP contribution in [0.2, 0.25) is 0 Å². The molecular formula is C39H76O12. The molecule has 0 amide bonds. The summed E-state index contributed by atoms with van der Waals surface area (Å²) in [6, 6.07) is 0. The van der Waals surface area contributed by atoms with E-state index in [2.05, 4.69) is 6.92 Å². The van der Waals surface area contributed by atoms with Crippen LogP contribution in [0.3, 0.4) is 0 Å². The van der Waals surface area contributed by atoms with Crippen LogP contribution < -0.4 is 0 Å². The molecule has 1 unspecified atom stereocenters. The predicted octanol–water partition coefficient (Wildman–Crippen LogP) is 6.69. The first-order valence-electron chi connectivity index (χ1n) is 20.3. The number of carbonyl (C=O) groups excluding carboxylic acids is 1. The van der Waals surface area contributed by atoms with Gasteiger partial charge in [-0.15, -0.1) is 0 Å². The van der Waals surface area contributed by atoms with E-state index in [1.807, 2.05) is 0 Å². The van der Waals surface area contributed by atoms with Gasteiger partial charge in [-0.25, -0.2) is 0 Å². The summed E-state index contributed by atoms with van der Waals surface area (Å²) < 4.78 is 60.3. The van der Waals surface area contributed by atoms with Gasteiger partial charge in [-0.1, -0.05) is 84.0 Å². The Morgan fingerprint density at radius 2 is 0.804 bits per heavy atom. The molecule has 0 N–H and O–H groups in total. The Hall–Kier alpha value is -0.930. The quantitative estimate of drug-likeness (QED) is 0.0491. The smallest absolute Gasteiger partial charge is 0.305 e. The van der Waals surface area contributed by atoms with Gasteiger partial charge in [0.2, 0.25) is 0 Å². The zero-order chi connectivity index (χ0) is 36.4. The first-order valence-corrected chi connectivity index (χ1v) is 20.3. The SMILES string of the molecule is CCCCCCCCCCCCCCCC(=O)OCCOCCOCCOCCOCCOCCOCCOCCOCCOC1CCCCO1. The highest BCUT2D eigenvalue weighted by Gasteiger charge is 2.13. The van der Waals surface area contributed by atoms with Gasteiger partial charge in [0.25, 0.3) is 0 Å². The summed E-state index contributed by atoms with van der Waals surface area (Å²) in [5.74, 6) is -0.129. The van der Waals surface area contributed by atoms with Crippen LogP contribution in [-0.4, -0.2) is 138 Å². The molecule has 0 spiro atoms. The van der Waals surface area contributed by atoms with Crippen LogP contribution in [0.15, 0.2) is 0 Å². The summed E-state index contributed by atoms with van der Waals surface area (Å²) in [4.78, 5) is 11.9. The van der Waals surface area contributed by atoms with Gasteiger partial charge in [0.05, 0.1) is 112 Å². The highest BCUT2D eigenvalue weighted by atomic mass is 16.7. The van der Waals surface area contributed by atoms with Gasteiger partial charge in [0.15, 0.2) is 6.29 Å². The van der Waals surface area contributed by atoms with E-state index in [1.54, 1.807) is 0 Å². The Morgan fingerprint density at radius 1 is 0.451 bits per heavy atom. The number of hydrogen-bond donors (Lipinski definition) is 0. The van der Waals surface area contributed by atoms with Crippen LogP contribution >= 0.6 is 0 Å². The van der Waals surface area contributed by atoms with Gasteiger partial charge in [-0.3, -0.25) is 4.79 Å². The highest BCUT2D eigenvalue weighted by molar-refractivity contribution is 5.69. The van der Waals surface area contributed by atoms with Crippen molar-refractivity contribution >= 4 is 5.97 Å². The summed E-state index contributed by atoms with van der Waals surface area (Å²) >= 11 is 0. The van der Waals surface area contributed by atoms with Crippen molar-refractivity contribution in [1.29, 1.82) is 0 Å². The van der Waals surface area contributed by atoms with Crippen LogP contribution in [0.5, 0.6) is 0 Å². The lowest BCUT2D eigenvalue weighted by atomic mass is 10.0. The average molecular weight is 737 g/mol. The third kappa shape index (κ3) is 38.6. The number of ether oxygens (including phenoxy) is 11. The third-order valence-corrected chi connectivity index (χ3v) is 8.25. The summed E-state index contributed by atoms with van der Waals surface area (Å²) in [5, 5.41) is 0. The zero-order valence-corrected chi connectivity index (χ0v) is 32.4. The highest BCUT2D eigenvalue weighted by Crippen LogP contribution is 2.14. The van der Waals surface area contributed by atoms with Crippen molar-refractivity contribution in [3.8, 4) is 0 Å². The molecule has 1 saturated heterocycles. The monoisotopic (exact) mass is 737 g/mol. The Kier molecular flexibility index (Phi) is 39.4. The summed E-state index contributed by atoms with van der Waals surface area (Å²) in [5.41, 5.74) is 0. The minimum absolute atomic E-state index is 0.0666. The zero-order valence-electron chi connectivity index (χ0n) is 32.4. The molecule has 1 rings (SSSR count). The van der Waals surface area contributed by atoms with E-state index < -0.39 is 0 Å². The second-order valence-corrected chi connectivity index (χ2v) is 12.8. The topological polar surface area (TPSA) is 119 Å². The molecule has 1 fully saturated rings. The summed E-state index contributed by atoms with van der Waals surface area (Å²) in [6.45, 7) is 11.9. The Morgan fingerprint density at radius 3 is 1.18 bits per heavy atom. The lowest BCUT2D eigenvalue weighted by Gasteiger charge is -2.22. The van der Waals surface area contributed by atoms with Crippen molar-refractivity contribution in [3.05, 3.63) is 0 Å². The van der Waals surface area contributed by atoms with E-state index in [9.17, 15) is 4.79 Å². The molecule has 0 aromatic heterocycles. The molecule has 12 nitrogen and oxygen atoms in total. The van der Waals surface area contributed by atoms with E-state index >= 15 is 0 Å². The second kappa shape index (κ2) is 41.8. The van der Waals surface area contributed by atoms with Gasteiger partial charge in [0, 0.05) is 13.0 Å². The van der Waals surface area contributed by atoms with E-state index in [0.29, 0.717) is 125 Å². The molecule has 0 aliphatic carbocycles. The van der Waals surface area contributed by atoms with Crippen LogP contribution in [-0.2, 0) is 56.9 Å². The van der Waals surface area contributed by atoms with Crippen molar-refractivity contribution in [2.45, 2.75) is 122 Å². The molecule has 0 saturated carbocycles. The van der Waals surface area contributed by atoms with Crippen molar-refractivity contribution < 1.29 is 56.9 Å². The van der Waals surface area contributed by atoms with Gasteiger partial charge in [-0.05, 0) is 25.7 Å². The van der Waals surface area contributed by atoms with Crippen LogP contribution in [0.25, 0.3) is 0 Å². The minimum atomic E-state index is -0.129. The summed E-state index contributed by atoms with van der Waals surface area (Å²) in [6.07, 6.45) is 20.5. The molecule has 1 aliphatic heterocycles. The Labute approximate surface area is 310 Å². The normalized spacial score (nSPS) is 14.7. The van der Waals surface area contributed by atoms with Crippen molar-refractivity contribution in [2.24, 2.45) is 0 Å². The van der Waals surface area contributed by atoms with Gasteiger partial charge < -0.3 is 52.1 Å². The van der Waals surface area contributed by atoms with Gasteiger partial charge >= 0.3 is 5.97 Å². The second-order valence-electron chi connectivity index (χ2n) is 12.8. The largest absolute Gasteiger partial charge is 0.463 e. The number of carbonyl (C=O) groups is 1. The number of hydrogen-bond acceptors (Lipinski definition) is 12. The fraction of sp³-hybridized carbons (Fsp3) is 0.974. The molecule has 0 bridgehead atoms. The van der Waals surface area contributed by atoms with Crippen molar-refractivity contribution in [3.63, 3.8) is 0 Å². The molecule has 0 aromatic carbocycles. The van der Waals surface area contributed by atoms with E-state index in [1.165, 1.54) is 77.0 Å². The first-order chi connectivity index (χ1) is 25.3. The molecule has 304 valence electrons. The maximum Gasteiger partial charge on any atom is 0.305 e. The van der Waals surface area contributed by atoms with E-state index in [0.717, 1.165) is 32.3 Å². The molecule has 1 atom stereocenters. The molecule has 1 heterocycles.